The van der Waals surface area contributed by atoms with Crippen molar-refractivity contribution in [2.24, 2.45) is 5.41 Å². The zero-order valence-corrected chi connectivity index (χ0v) is 43.5. The standard InChI is InChI=1S/C76H56N2/c1-51(45-67-52(2)64-43-40-62(47-68(64)75(67)49-58-23-9-10-24-59(58)50-75)77-71-29-15-11-19-54(71)36-37-55-20-12-16-30-72(55)77)33-34-53-35-42-65-66-44-41-63(78-73-31-17-13-21-56(73)38-39-57-22-14-18-32-74(57)78)48-70(66)76(69(65)46-53,60-25-5-3-6-26-60)61-27-7-4-8-28-61/h3-39,41-42,44-48H,1-2,40,43,49-50H2. The normalized spacial score (nSPS) is 17.2. The second-order valence-electron chi connectivity index (χ2n) is 21.8. The predicted molar refractivity (Wildman–Crippen MR) is 327 cm³/mol. The van der Waals surface area contributed by atoms with Crippen LogP contribution in [0.2, 0.25) is 0 Å². The van der Waals surface area contributed by atoms with Crippen molar-refractivity contribution in [3.63, 3.8) is 0 Å². The minimum absolute atomic E-state index is 0.251. The molecular weight excluding hydrogens is 941 g/mol. The molecule has 78 heavy (non-hydrogen) atoms. The third-order valence-corrected chi connectivity index (χ3v) is 17.6. The molecule has 370 valence electrons. The number of para-hydroxylation sites is 4. The summed E-state index contributed by atoms with van der Waals surface area (Å²) < 4.78 is 0. The number of hydrogen-bond acceptors (Lipinski definition) is 2. The number of rotatable bonds is 7. The third-order valence-electron chi connectivity index (χ3n) is 17.6. The Hall–Kier alpha value is -9.50. The average Bonchev–Trinajstić information content (AvgIpc) is 4.14. The number of benzene rings is 9. The van der Waals surface area contributed by atoms with Gasteiger partial charge >= 0.3 is 0 Å². The summed E-state index contributed by atoms with van der Waals surface area (Å²) in [6.45, 7) is 9.74. The van der Waals surface area contributed by atoms with Crippen LogP contribution in [0.1, 0.15) is 74.0 Å². The lowest BCUT2D eigenvalue weighted by molar-refractivity contribution is 0.486. The van der Waals surface area contributed by atoms with Crippen LogP contribution in [0.15, 0.2) is 283 Å². The SMILES string of the molecule is C=C(C=Cc1ccc2c(c1)C(c1ccccc1)(c1ccccc1)c1cc(N3c4ccccc4C=Cc4ccccc43)ccc1-2)C=C1C(=C)C2=C(C=C(N3c4ccccc4C=Cc4ccccc43)CC2)C12Cc1ccccc1C2. The topological polar surface area (TPSA) is 6.48 Å². The van der Waals surface area contributed by atoms with Crippen molar-refractivity contribution in [1.82, 2.24) is 0 Å². The Balaban J connectivity index is 0.829. The van der Waals surface area contributed by atoms with Crippen molar-refractivity contribution in [3.8, 4) is 11.1 Å². The van der Waals surface area contributed by atoms with Crippen molar-refractivity contribution in [2.45, 2.75) is 31.1 Å². The Morgan fingerprint density at radius 3 is 1.50 bits per heavy atom. The van der Waals surface area contributed by atoms with Crippen molar-refractivity contribution < 1.29 is 0 Å². The van der Waals surface area contributed by atoms with Gasteiger partial charge in [-0.1, -0.05) is 232 Å². The molecule has 6 aliphatic rings. The third kappa shape index (κ3) is 7.03. The average molecular weight is 997 g/mol. The van der Waals surface area contributed by atoms with Gasteiger partial charge in [-0.2, -0.15) is 0 Å². The zero-order chi connectivity index (χ0) is 52.0. The van der Waals surface area contributed by atoms with Crippen LogP contribution in [0.3, 0.4) is 0 Å². The minimum Gasteiger partial charge on any atom is -0.313 e. The monoisotopic (exact) mass is 996 g/mol. The van der Waals surface area contributed by atoms with E-state index >= 15 is 0 Å². The van der Waals surface area contributed by atoms with Crippen LogP contribution in [0, 0.1) is 5.41 Å². The van der Waals surface area contributed by atoms with Crippen LogP contribution < -0.4 is 9.80 Å². The van der Waals surface area contributed by atoms with Gasteiger partial charge in [-0.25, -0.2) is 0 Å². The summed E-state index contributed by atoms with van der Waals surface area (Å²) in [7, 11) is 0. The number of allylic oxidation sites excluding steroid dienone is 9. The Morgan fingerprint density at radius 1 is 0.474 bits per heavy atom. The fraction of sp³-hybridized carbons (Fsp3) is 0.0789. The number of fused-ring (bicyclic) bond motifs is 9. The van der Waals surface area contributed by atoms with Crippen LogP contribution in [0.4, 0.5) is 28.4 Å². The highest BCUT2D eigenvalue weighted by molar-refractivity contribution is 5.96. The number of anilines is 5. The summed E-state index contributed by atoms with van der Waals surface area (Å²) in [5.74, 6) is 0. The van der Waals surface area contributed by atoms with Gasteiger partial charge in [0.2, 0.25) is 0 Å². The van der Waals surface area contributed by atoms with Crippen LogP contribution in [-0.4, -0.2) is 0 Å². The molecule has 0 amide bonds. The molecule has 0 bridgehead atoms. The minimum atomic E-state index is -0.605. The molecule has 9 aromatic carbocycles. The summed E-state index contributed by atoms with van der Waals surface area (Å²) >= 11 is 0. The lowest BCUT2D eigenvalue weighted by Gasteiger charge is -2.35. The van der Waals surface area contributed by atoms with E-state index in [9.17, 15) is 0 Å². The van der Waals surface area contributed by atoms with Gasteiger partial charge in [0.05, 0.1) is 28.2 Å². The molecule has 15 rings (SSSR count). The fourth-order valence-corrected chi connectivity index (χ4v) is 14.2. The molecule has 0 N–H and O–H groups in total. The molecule has 0 aromatic heterocycles. The Bertz CT molecular complexity index is 4030. The van der Waals surface area contributed by atoms with Gasteiger partial charge in [0.15, 0.2) is 0 Å². The maximum absolute atomic E-state index is 4.94. The van der Waals surface area contributed by atoms with E-state index in [0.29, 0.717) is 0 Å². The maximum atomic E-state index is 4.94. The Kier molecular flexibility index (Phi) is 10.6. The largest absolute Gasteiger partial charge is 0.313 e. The molecule has 0 saturated carbocycles. The molecule has 2 aliphatic heterocycles. The number of hydrogen-bond donors (Lipinski definition) is 0. The first-order valence-corrected chi connectivity index (χ1v) is 27.5. The van der Waals surface area contributed by atoms with E-state index in [2.05, 4.69) is 277 Å². The van der Waals surface area contributed by atoms with Gasteiger partial charge in [-0.3, -0.25) is 0 Å². The molecule has 2 heteroatoms. The van der Waals surface area contributed by atoms with Gasteiger partial charge in [0.1, 0.15) is 0 Å². The molecular formula is C76H56N2. The molecule has 0 radical (unpaired) electrons. The molecule has 2 heterocycles. The van der Waals surface area contributed by atoms with E-state index in [1.54, 1.807) is 0 Å². The van der Waals surface area contributed by atoms with Crippen LogP contribution >= 0.6 is 0 Å². The van der Waals surface area contributed by atoms with E-state index in [1.165, 1.54) is 101 Å². The highest BCUT2D eigenvalue weighted by atomic mass is 15.2. The first kappa shape index (κ1) is 45.9. The summed E-state index contributed by atoms with van der Waals surface area (Å²) in [6, 6.07) is 80.7. The second kappa shape index (κ2) is 18.1. The lowest BCUT2D eigenvalue weighted by Crippen LogP contribution is -2.29. The van der Waals surface area contributed by atoms with E-state index in [-0.39, 0.29) is 5.41 Å². The van der Waals surface area contributed by atoms with Gasteiger partial charge < -0.3 is 9.80 Å². The molecule has 0 unspecified atom stereocenters. The number of nitrogens with zero attached hydrogens (tertiary/aromatic N) is 2. The van der Waals surface area contributed by atoms with Crippen molar-refractivity contribution in [1.29, 1.82) is 0 Å². The van der Waals surface area contributed by atoms with Gasteiger partial charge in [0.25, 0.3) is 0 Å². The van der Waals surface area contributed by atoms with E-state index in [1.807, 2.05) is 0 Å². The van der Waals surface area contributed by atoms with Crippen LogP contribution in [0.5, 0.6) is 0 Å². The second-order valence-corrected chi connectivity index (χ2v) is 21.8. The van der Waals surface area contributed by atoms with Crippen molar-refractivity contribution in [2.75, 3.05) is 9.80 Å². The summed E-state index contributed by atoms with van der Waals surface area (Å²) in [5, 5.41) is 0. The summed E-state index contributed by atoms with van der Waals surface area (Å²) in [6.07, 6.45) is 22.2. The zero-order valence-electron chi connectivity index (χ0n) is 43.5. The first-order chi connectivity index (χ1) is 38.5. The molecule has 2 nitrogen and oxygen atoms in total. The fourth-order valence-electron chi connectivity index (χ4n) is 14.2. The molecule has 4 aliphatic carbocycles. The summed E-state index contributed by atoms with van der Waals surface area (Å²) in [4.78, 5) is 4.98. The maximum Gasteiger partial charge on any atom is 0.0714 e. The van der Waals surface area contributed by atoms with Crippen molar-refractivity contribution >= 4 is 58.8 Å². The van der Waals surface area contributed by atoms with E-state index < -0.39 is 5.41 Å². The van der Waals surface area contributed by atoms with E-state index in [0.717, 1.165) is 59.5 Å². The lowest BCUT2D eigenvalue weighted by atomic mass is 9.67. The molecule has 0 atom stereocenters. The smallest absolute Gasteiger partial charge is 0.0714 e. The van der Waals surface area contributed by atoms with E-state index in [4.69, 9.17) is 13.2 Å². The molecule has 1 spiro atoms. The Labute approximate surface area is 458 Å². The highest BCUT2D eigenvalue weighted by Gasteiger charge is 2.51. The Morgan fingerprint density at radius 2 is 0.949 bits per heavy atom. The van der Waals surface area contributed by atoms with Gasteiger partial charge in [0, 0.05) is 16.8 Å². The van der Waals surface area contributed by atoms with Crippen LogP contribution in [-0.2, 0) is 18.3 Å². The van der Waals surface area contributed by atoms with Gasteiger partial charge in [-0.15, -0.1) is 0 Å². The predicted octanol–water partition coefficient (Wildman–Crippen LogP) is 19.2. The first-order valence-electron chi connectivity index (χ1n) is 27.5. The molecule has 0 saturated heterocycles. The molecule has 0 fully saturated rings. The highest BCUT2D eigenvalue weighted by Crippen LogP contribution is 2.62. The summed E-state index contributed by atoms with van der Waals surface area (Å²) in [5.41, 5.74) is 28.9. The quantitative estimate of drug-likeness (QED) is 0.147. The van der Waals surface area contributed by atoms with Crippen molar-refractivity contribution in [3.05, 3.63) is 345 Å². The van der Waals surface area contributed by atoms with Crippen LogP contribution in [0.25, 0.3) is 41.5 Å². The molecule has 9 aromatic rings. The van der Waals surface area contributed by atoms with Gasteiger partial charge in [-0.05, 0) is 174 Å².